The lowest BCUT2D eigenvalue weighted by Crippen LogP contribution is -2.30. The van der Waals surface area contributed by atoms with E-state index < -0.39 is 0 Å². The Bertz CT molecular complexity index is 700. The van der Waals surface area contributed by atoms with Crippen LogP contribution < -0.4 is 0 Å². The molecule has 4 nitrogen and oxygen atoms in total. The van der Waals surface area contributed by atoms with Crippen LogP contribution in [0.1, 0.15) is 175 Å². The monoisotopic (exact) mass is 658 g/mol. The minimum absolute atomic E-state index is 0.135. The molecule has 47 heavy (non-hydrogen) atoms. The van der Waals surface area contributed by atoms with Gasteiger partial charge in [0.05, 0.1) is 18.3 Å². The number of ether oxygens (including phenoxy) is 2. The summed E-state index contributed by atoms with van der Waals surface area (Å²) in [5.41, 5.74) is 0. The van der Waals surface area contributed by atoms with Crippen molar-refractivity contribution in [3.8, 4) is 0 Å². The Balaban J connectivity index is 2.04. The van der Waals surface area contributed by atoms with E-state index >= 15 is 0 Å². The second-order valence-electron chi connectivity index (χ2n) is 14.1. The number of unbranched alkanes of at least 4 members (excludes halogenated alkanes) is 18. The Labute approximate surface area is 293 Å². The van der Waals surface area contributed by atoms with E-state index in [1.807, 2.05) is 6.92 Å². The Morgan fingerprint density at radius 3 is 1.21 bits per heavy atom. The largest absolute Gasteiger partial charge is 0.392 e. The second-order valence-corrected chi connectivity index (χ2v) is 14.1. The quantitative estimate of drug-likeness (QED) is 0.0552. The molecule has 274 valence electrons. The molecule has 1 aliphatic heterocycles. The van der Waals surface area contributed by atoms with Gasteiger partial charge in [0, 0.05) is 32.8 Å². The van der Waals surface area contributed by atoms with Crippen molar-refractivity contribution in [2.24, 2.45) is 0 Å². The highest BCUT2D eigenvalue weighted by atomic mass is 16.5. The molecule has 0 aromatic rings. The van der Waals surface area contributed by atoms with Crippen LogP contribution in [-0.2, 0) is 9.47 Å². The van der Waals surface area contributed by atoms with Crippen molar-refractivity contribution >= 4 is 0 Å². The van der Waals surface area contributed by atoms with Gasteiger partial charge in [0.2, 0.25) is 0 Å². The molecule has 0 aromatic heterocycles. The molecule has 0 unspecified atom stereocenters. The van der Waals surface area contributed by atoms with Gasteiger partial charge in [0.25, 0.3) is 0 Å². The number of aliphatic hydroxyl groups excluding tert-OH is 1. The smallest absolute Gasteiger partial charge is 0.0975 e. The molecular weight excluding hydrogens is 578 g/mol. The zero-order valence-corrected chi connectivity index (χ0v) is 31.6. The molecule has 0 amide bonds. The molecule has 3 atom stereocenters. The van der Waals surface area contributed by atoms with Crippen molar-refractivity contribution in [2.45, 2.75) is 193 Å². The molecular formula is C43H79NO3. The number of aliphatic hydroxyl groups is 1. The van der Waals surface area contributed by atoms with Crippen LogP contribution in [0.25, 0.3) is 0 Å². The average Bonchev–Trinajstić information content (AvgIpc) is 3.44. The first-order chi connectivity index (χ1) is 23.2. The number of hydrogen-bond acceptors (Lipinski definition) is 4. The number of nitrogens with zero attached hydrogens (tertiary/aromatic N) is 1. The lowest BCUT2D eigenvalue weighted by molar-refractivity contribution is -0.0481. The predicted molar refractivity (Wildman–Crippen MR) is 206 cm³/mol. The van der Waals surface area contributed by atoms with Crippen molar-refractivity contribution in [1.29, 1.82) is 0 Å². The first-order valence-corrected chi connectivity index (χ1v) is 20.4. The third-order valence-corrected chi connectivity index (χ3v) is 9.17. The Hall–Kier alpha value is -1.20. The van der Waals surface area contributed by atoms with E-state index in [1.54, 1.807) is 0 Å². The molecule has 0 aliphatic carbocycles. The van der Waals surface area contributed by atoms with E-state index in [9.17, 15) is 5.11 Å². The average molecular weight is 658 g/mol. The topological polar surface area (TPSA) is 41.9 Å². The SMILES string of the molecule is CCCCCC=CCC=CCCCCCCCCO[C@@H]1CN(C[C@H](C)O)C[C@H]1OCCCCCCCCC=CCC=CCCCCC. The molecule has 1 heterocycles. The lowest BCUT2D eigenvalue weighted by atomic mass is 10.1. The summed E-state index contributed by atoms with van der Waals surface area (Å²) in [4.78, 5) is 2.32. The molecule has 0 radical (unpaired) electrons. The molecule has 0 aromatic carbocycles. The summed E-state index contributed by atoms with van der Waals surface area (Å²) < 4.78 is 12.7. The molecule has 1 aliphatic rings. The maximum atomic E-state index is 9.91. The van der Waals surface area contributed by atoms with Crippen molar-refractivity contribution in [2.75, 3.05) is 32.8 Å². The summed E-state index contributed by atoms with van der Waals surface area (Å²) in [5, 5.41) is 9.91. The zero-order valence-electron chi connectivity index (χ0n) is 31.6. The molecule has 1 rings (SSSR count). The van der Waals surface area contributed by atoms with Crippen LogP contribution in [-0.4, -0.2) is 61.2 Å². The summed E-state index contributed by atoms with van der Waals surface area (Å²) >= 11 is 0. The van der Waals surface area contributed by atoms with Gasteiger partial charge >= 0.3 is 0 Å². The number of β-amino-alcohol motifs (C(OH)–C–C–N with tert-alkyl or cyclic N) is 1. The molecule has 1 saturated heterocycles. The van der Waals surface area contributed by atoms with Crippen LogP contribution in [0.15, 0.2) is 48.6 Å². The van der Waals surface area contributed by atoms with Gasteiger partial charge in [-0.3, -0.25) is 4.90 Å². The molecule has 0 bridgehead atoms. The van der Waals surface area contributed by atoms with Crippen LogP contribution in [0.5, 0.6) is 0 Å². The van der Waals surface area contributed by atoms with Crippen molar-refractivity contribution < 1.29 is 14.6 Å². The summed E-state index contributed by atoms with van der Waals surface area (Å²) in [5.74, 6) is 0. The Kier molecular flexibility index (Phi) is 32.3. The van der Waals surface area contributed by atoms with Crippen LogP contribution in [0.2, 0.25) is 0 Å². The van der Waals surface area contributed by atoms with Gasteiger partial charge < -0.3 is 14.6 Å². The predicted octanol–water partition coefficient (Wildman–Crippen LogP) is 12.1. The maximum Gasteiger partial charge on any atom is 0.0975 e. The lowest BCUT2D eigenvalue weighted by Gasteiger charge is -2.20. The molecule has 1 fully saturated rings. The van der Waals surface area contributed by atoms with Gasteiger partial charge in [0.15, 0.2) is 0 Å². The summed E-state index contributed by atoms with van der Waals surface area (Å²) in [6.07, 6.45) is 49.0. The van der Waals surface area contributed by atoms with Crippen LogP contribution >= 0.6 is 0 Å². The van der Waals surface area contributed by atoms with E-state index in [0.717, 1.165) is 52.0 Å². The minimum Gasteiger partial charge on any atom is -0.392 e. The molecule has 1 N–H and O–H groups in total. The fourth-order valence-electron chi connectivity index (χ4n) is 6.31. The number of rotatable bonds is 34. The normalized spacial score (nSPS) is 18.3. The third kappa shape index (κ3) is 29.4. The van der Waals surface area contributed by atoms with E-state index in [4.69, 9.17) is 9.47 Å². The Morgan fingerprint density at radius 1 is 0.511 bits per heavy atom. The van der Waals surface area contributed by atoms with Gasteiger partial charge in [-0.25, -0.2) is 0 Å². The molecule has 0 saturated carbocycles. The van der Waals surface area contributed by atoms with E-state index in [1.165, 1.54) is 128 Å². The van der Waals surface area contributed by atoms with Crippen molar-refractivity contribution in [1.82, 2.24) is 4.90 Å². The Morgan fingerprint density at radius 2 is 0.851 bits per heavy atom. The third-order valence-electron chi connectivity index (χ3n) is 9.17. The van der Waals surface area contributed by atoms with Gasteiger partial charge in [-0.05, 0) is 84.0 Å². The van der Waals surface area contributed by atoms with Crippen LogP contribution in [0.3, 0.4) is 0 Å². The fraction of sp³-hybridized carbons (Fsp3) is 0.814. The van der Waals surface area contributed by atoms with E-state index in [0.29, 0.717) is 6.54 Å². The first kappa shape index (κ1) is 43.8. The zero-order chi connectivity index (χ0) is 33.9. The van der Waals surface area contributed by atoms with Crippen molar-refractivity contribution in [3.05, 3.63) is 48.6 Å². The molecule has 4 heteroatoms. The van der Waals surface area contributed by atoms with Gasteiger partial charge in [0.1, 0.15) is 0 Å². The summed E-state index contributed by atoms with van der Waals surface area (Å²) in [6, 6.07) is 0. The summed E-state index contributed by atoms with van der Waals surface area (Å²) in [6.45, 7) is 10.5. The van der Waals surface area contributed by atoms with Crippen molar-refractivity contribution in [3.63, 3.8) is 0 Å². The highest BCUT2D eigenvalue weighted by Gasteiger charge is 2.34. The number of likely N-dealkylation sites (tertiary alicyclic amines) is 1. The summed E-state index contributed by atoms with van der Waals surface area (Å²) in [7, 11) is 0. The standard InChI is InChI=1S/C43H79NO3/c1-4-6-8-10-12-14-16-18-20-22-24-26-28-30-32-34-36-46-42-39-44(38-41(3)45)40-43(42)47-37-35-33-31-29-27-25-23-21-19-17-15-13-11-9-7-5-2/h12-15,18-21,41-43,45H,4-11,16-17,22-40H2,1-3H3/t41-,42+,43+/m0/s1. The van der Waals surface area contributed by atoms with Crippen LogP contribution in [0, 0.1) is 0 Å². The number of hydrogen-bond donors (Lipinski definition) is 1. The van der Waals surface area contributed by atoms with Gasteiger partial charge in [-0.15, -0.1) is 0 Å². The molecule has 0 spiro atoms. The minimum atomic E-state index is -0.310. The van der Waals surface area contributed by atoms with E-state index in [2.05, 4.69) is 67.4 Å². The maximum absolute atomic E-state index is 9.91. The first-order valence-electron chi connectivity index (χ1n) is 20.4. The van der Waals surface area contributed by atoms with Crippen LogP contribution in [0.4, 0.5) is 0 Å². The van der Waals surface area contributed by atoms with E-state index in [-0.39, 0.29) is 18.3 Å². The number of allylic oxidation sites excluding steroid dienone is 8. The fourth-order valence-corrected chi connectivity index (χ4v) is 6.31. The van der Waals surface area contributed by atoms with Gasteiger partial charge in [-0.2, -0.15) is 0 Å². The highest BCUT2D eigenvalue weighted by Crippen LogP contribution is 2.19. The van der Waals surface area contributed by atoms with Gasteiger partial charge in [-0.1, -0.05) is 140 Å². The second kappa shape index (κ2) is 34.7. The highest BCUT2D eigenvalue weighted by molar-refractivity contribution is 4.93.